The molecule has 1 aliphatic carbocycles. The Bertz CT molecular complexity index is 795. The Labute approximate surface area is 150 Å². The lowest BCUT2D eigenvalue weighted by atomic mass is 10.1. The molecule has 1 aliphatic heterocycles. The summed E-state index contributed by atoms with van der Waals surface area (Å²) >= 11 is 1.53. The summed E-state index contributed by atoms with van der Waals surface area (Å²) in [6.07, 6.45) is 4.16. The molecule has 0 radical (unpaired) electrons. The van der Waals surface area contributed by atoms with Crippen molar-refractivity contribution in [3.8, 4) is 0 Å². The van der Waals surface area contributed by atoms with Gasteiger partial charge in [0.2, 0.25) is 0 Å². The van der Waals surface area contributed by atoms with Gasteiger partial charge in [-0.3, -0.25) is 9.59 Å². The normalized spacial score (nSPS) is 18.8. The number of anilines is 2. The SMILES string of the molecule is O=C(Nc1ccccc1)c1c(NC(=O)[C@H]2CCCO2)sc2c1CCC2. The maximum Gasteiger partial charge on any atom is 0.258 e. The highest BCUT2D eigenvalue weighted by atomic mass is 32.1. The largest absolute Gasteiger partial charge is 0.368 e. The van der Waals surface area contributed by atoms with E-state index in [4.69, 9.17) is 4.74 Å². The Morgan fingerprint density at radius 3 is 2.68 bits per heavy atom. The third-order valence-corrected chi connectivity index (χ3v) is 5.85. The minimum absolute atomic E-state index is 0.147. The Balaban J connectivity index is 1.59. The van der Waals surface area contributed by atoms with Crippen molar-refractivity contribution in [1.82, 2.24) is 0 Å². The second-order valence-electron chi connectivity index (χ2n) is 6.37. The lowest BCUT2D eigenvalue weighted by Crippen LogP contribution is -2.27. The summed E-state index contributed by atoms with van der Waals surface area (Å²) in [5.41, 5.74) is 2.45. The summed E-state index contributed by atoms with van der Waals surface area (Å²) < 4.78 is 5.45. The van der Waals surface area contributed by atoms with Crippen LogP contribution in [0.2, 0.25) is 0 Å². The van der Waals surface area contributed by atoms with Gasteiger partial charge in [-0.25, -0.2) is 0 Å². The van der Waals surface area contributed by atoms with Gasteiger partial charge in [0.15, 0.2) is 0 Å². The van der Waals surface area contributed by atoms with E-state index in [0.29, 0.717) is 17.2 Å². The third-order valence-electron chi connectivity index (χ3n) is 4.64. The van der Waals surface area contributed by atoms with Crippen LogP contribution >= 0.6 is 11.3 Å². The molecule has 25 heavy (non-hydrogen) atoms. The first-order chi connectivity index (χ1) is 12.2. The summed E-state index contributed by atoms with van der Waals surface area (Å²) in [4.78, 5) is 26.5. The Hall–Kier alpha value is -2.18. The van der Waals surface area contributed by atoms with E-state index in [0.717, 1.165) is 43.4 Å². The highest BCUT2D eigenvalue weighted by Crippen LogP contribution is 2.39. The van der Waals surface area contributed by atoms with E-state index in [-0.39, 0.29) is 11.8 Å². The van der Waals surface area contributed by atoms with E-state index in [2.05, 4.69) is 10.6 Å². The van der Waals surface area contributed by atoms with E-state index in [1.165, 1.54) is 16.2 Å². The number of aryl methyl sites for hydroxylation is 1. The van der Waals surface area contributed by atoms with Gasteiger partial charge in [0.1, 0.15) is 11.1 Å². The topological polar surface area (TPSA) is 67.4 Å². The Kier molecular flexibility index (Phi) is 4.55. The van der Waals surface area contributed by atoms with Crippen molar-refractivity contribution in [1.29, 1.82) is 0 Å². The molecule has 2 amide bonds. The number of carbonyl (C=O) groups is 2. The molecule has 1 atom stereocenters. The number of benzene rings is 1. The van der Waals surface area contributed by atoms with Crippen molar-refractivity contribution in [3.05, 3.63) is 46.3 Å². The number of para-hydroxylation sites is 1. The quantitative estimate of drug-likeness (QED) is 0.879. The van der Waals surface area contributed by atoms with Crippen LogP contribution < -0.4 is 10.6 Å². The van der Waals surface area contributed by atoms with Gasteiger partial charge >= 0.3 is 0 Å². The number of hydrogen-bond donors (Lipinski definition) is 2. The van der Waals surface area contributed by atoms with E-state index in [9.17, 15) is 9.59 Å². The van der Waals surface area contributed by atoms with Gasteiger partial charge in [0.25, 0.3) is 11.8 Å². The zero-order valence-corrected chi connectivity index (χ0v) is 14.7. The molecule has 1 aromatic carbocycles. The predicted octanol–water partition coefficient (Wildman–Crippen LogP) is 3.61. The predicted molar refractivity (Wildman–Crippen MR) is 98.3 cm³/mol. The molecule has 0 bridgehead atoms. The van der Waals surface area contributed by atoms with Crippen molar-refractivity contribution >= 4 is 33.8 Å². The van der Waals surface area contributed by atoms with Crippen LogP contribution in [0, 0.1) is 0 Å². The molecule has 1 saturated heterocycles. The molecular formula is C19H20N2O3S. The lowest BCUT2D eigenvalue weighted by molar-refractivity contribution is -0.124. The molecule has 0 saturated carbocycles. The molecule has 1 aromatic heterocycles. The molecule has 2 heterocycles. The van der Waals surface area contributed by atoms with Crippen LogP contribution in [0.1, 0.15) is 40.1 Å². The minimum atomic E-state index is -0.401. The monoisotopic (exact) mass is 356 g/mol. The van der Waals surface area contributed by atoms with Gasteiger partial charge in [-0.2, -0.15) is 0 Å². The Morgan fingerprint density at radius 2 is 1.92 bits per heavy atom. The summed E-state index contributed by atoms with van der Waals surface area (Å²) in [6, 6.07) is 9.39. The standard InChI is InChI=1S/C19H20N2O3S/c22-17(14-9-5-11-24-14)21-19-16(13-8-4-10-15(13)25-19)18(23)20-12-6-2-1-3-7-12/h1-3,6-7,14H,4-5,8-11H2,(H,20,23)(H,21,22)/t14-/m1/s1. The molecule has 2 aromatic rings. The zero-order valence-electron chi connectivity index (χ0n) is 13.8. The average Bonchev–Trinajstić information content (AvgIpc) is 3.32. The molecule has 2 aliphatic rings. The van der Waals surface area contributed by atoms with Gasteiger partial charge in [-0.1, -0.05) is 18.2 Å². The number of carbonyl (C=O) groups excluding carboxylic acids is 2. The Morgan fingerprint density at radius 1 is 1.08 bits per heavy atom. The number of nitrogens with one attached hydrogen (secondary N) is 2. The number of fused-ring (bicyclic) bond motifs is 1. The van der Waals surface area contributed by atoms with Gasteiger partial charge in [0.05, 0.1) is 5.56 Å². The van der Waals surface area contributed by atoms with Crippen molar-refractivity contribution in [2.75, 3.05) is 17.2 Å². The molecule has 130 valence electrons. The van der Waals surface area contributed by atoms with Crippen LogP contribution in [0.15, 0.2) is 30.3 Å². The van der Waals surface area contributed by atoms with Crippen LogP contribution in [-0.4, -0.2) is 24.5 Å². The van der Waals surface area contributed by atoms with Crippen LogP contribution in [0.3, 0.4) is 0 Å². The highest BCUT2D eigenvalue weighted by Gasteiger charge is 2.30. The smallest absolute Gasteiger partial charge is 0.258 e. The summed E-state index contributed by atoms with van der Waals surface area (Å²) in [5.74, 6) is -0.306. The molecule has 0 spiro atoms. The van der Waals surface area contributed by atoms with Gasteiger partial charge in [-0.05, 0) is 49.8 Å². The van der Waals surface area contributed by atoms with Crippen LogP contribution in [0.5, 0.6) is 0 Å². The zero-order chi connectivity index (χ0) is 17.2. The first-order valence-corrected chi connectivity index (χ1v) is 9.47. The van der Waals surface area contributed by atoms with E-state index in [1.807, 2.05) is 30.3 Å². The number of thiophene rings is 1. The molecular weight excluding hydrogens is 336 g/mol. The van der Waals surface area contributed by atoms with Crippen LogP contribution in [-0.2, 0) is 22.4 Å². The van der Waals surface area contributed by atoms with E-state index < -0.39 is 6.10 Å². The molecule has 5 nitrogen and oxygen atoms in total. The highest BCUT2D eigenvalue weighted by molar-refractivity contribution is 7.17. The molecule has 4 rings (SSSR count). The molecule has 2 N–H and O–H groups in total. The van der Waals surface area contributed by atoms with Crippen molar-refractivity contribution in [3.63, 3.8) is 0 Å². The summed E-state index contributed by atoms with van der Waals surface area (Å²) in [7, 11) is 0. The van der Waals surface area contributed by atoms with E-state index >= 15 is 0 Å². The first-order valence-electron chi connectivity index (χ1n) is 8.66. The average molecular weight is 356 g/mol. The van der Waals surface area contributed by atoms with E-state index in [1.54, 1.807) is 0 Å². The third kappa shape index (κ3) is 3.32. The summed E-state index contributed by atoms with van der Waals surface area (Å²) in [6.45, 7) is 0.625. The fraction of sp³-hybridized carbons (Fsp3) is 0.368. The molecule has 6 heteroatoms. The summed E-state index contributed by atoms with van der Waals surface area (Å²) in [5, 5.41) is 6.54. The maximum atomic E-state index is 12.9. The number of rotatable bonds is 4. The fourth-order valence-electron chi connectivity index (χ4n) is 3.42. The second-order valence-corrected chi connectivity index (χ2v) is 7.48. The molecule has 1 fully saturated rings. The number of amides is 2. The van der Waals surface area contributed by atoms with Crippen molar-refractivity contribution < 1.29 is 14.3 Å². The number of ether oxygens (including phenoxy) is 1. The minimum Gasteiger partial charge on any atom is -0.368 e. The van der Waals surface area contributed by atoms with Crippen molar-refractivity contribution in [2.24, 2.45) is 0 Å². The van der Waals surface area contributed by atoms with Gasteiger partial charge in [0, 0.05) is 17.2 Å². The van der Waals surface area contributed by atoms with Gasteiger partial charge < -0.3 is 15.4 Å². The fourth-order valence-corrected chi connectivity index (χ4v) is 4.71. The maximum absolute atomic E-state index is 12.9. The van der Waals surface area contributed by atoms with Crippen LogP contribution in [0.25, 0.3) is 0 Å². The molecule has 0 unspecified atom stereocenters. The number of hydrogen-bond acceptors (Lipinski definition) is 4. The first kappa shape index (κ1) is 16.3. The lowest BCUT2D eigenvalue weighted by Gasteiger charge is -2.12. The van der Waals surface area contributed by atoms with Crippen molar-refractivity contribution in [2.45, 2.75) is 38.2 Å². The van der Waals surface area contributed by atoms with Crippen LogP contribution in [0.4, 0.5) is 10.7 Å². The van der Waals surface area contributed by atoms with Gasteiger partial charge in [-0.15, -0.1) is 11.3 Å². The second kappa shape index (κ2) is 6.98.